The molecule has 1 amide bonds. The quantitative estimate of drug-likeness (QED) is 0.151. The Morgan fingerprint density at radius 1 is 0.871 bits per heavy atom. The van der Waals surface area contributed by atoms with E-state index in [0.29, 0.717) is 23.5 Å². The summed E-state index contributed by atoms with van der Waals surface area (Å²) in [6.45, 7) is 2.21. The molecule has 0 unspecified atom stereocenters. The highest BCUT2D eigenvalue weighted by Crippen LogP contribution is 2.16. The van der Waals surface area contributed by atoms with Gasteiger partial charge in [0.15, 0.2) is 0 Å². The molecule has 6 heteroatoms. The highest BCUT2D eigenvalue weighted by Gasteiger charge is 2.08. The van der Waals surface area contributed by atoms with Crippen molar-refractivity contribution in [3.63, 3.8) is 0 Å². The van der Waals surface area contributed by atoms with Gasteiger partial charge in [0.05, 0.1) is 18.9 Å². The zero-order valence-corrected chi connectivity index (χ0v) is 18.4. The van der Waals surface area contributed by atoms with Crippen LogP contribution >= 0.6 is 0 Å². The predicted molar refractivity (Wildman–Crippen MR) is 123 cm³/mol. The second-order valence-corrected chi connectivity index (χ2v) is 7.35. The first-order valence-corrected chi connectivity index (χ1v) is 10.9. The summed E-state index contributed by atoms with van der Waals surface area (Å²) in [5.74, 6) is 0.590. The number of nitrogens with one attached hydrogen (secondary N) is 1. The molecule has 0 saturated heterocycles. The zero-order valence-electron chi connectivity index (χ0n) is 18.4. The number of ether oxygens (including phenoxy) is 2. The van der Waals surface area contributed by atoms with Crippen molar-refractivity contribution in [1.82, 2.24) is 5.43 Å². The number of carbonyl (C=O) groups excluding carboxylic acids is 2. The van der Waals surface area contributed by atoms with Gasteiger partial charge in [0.2, 0.25) is 5.91 Å². The van der Waals surface area contributed by atoms with Crippen molar-refractivity contribution in [3.8, 4) is 11.5 Å². The van der Waals surface area contributed by atoms with Crippen molar-refractivity contribution in [2.24, 2.45) is 5.10 Å². The largest absolute Gasteiger partial charge is 0.497 e. The van der Waals surface area contributed by atoms with E-state index in [1.165, 1.54) is 32.1 Å². The molecule has 0 aliphatic heterocycles. The van der Waals surface area contributed by atoms with Crippen LogP contribution in [0.5, 0.6) is 11.5 Å². The van der Waals surface area contributed by atoms with Gasteiger partial charge in [-0.05, 0) is 60.5 Å². The van der Waals surface area contributed by atoms with Gasteiger partial charge in [-0.2, -0.15) is 5.10 Å². The van der Waals surface area contributed by atoms with Gasteiger partial charge in [0, 0.05) is 6.42 Å². The number of methoxy groups -OCH3 is 1. The molecular weight excluding hydrogens is 392 g/mol. The first kappa shape index (κ1) is 24.1. The van der Waals surface area contributed by atoms with Gasteiger partial charge >= 0.3 is 5.97 Å². The Labute approximate surface area is 184 Å². The lowest BCUT2D eigenvalue weighted by Crippen LogP contribution is -2.16. The Morgan fingerprint density at radius 3 is 2.13 bits per heavy atom. The van der Waals surface area contributed by atoms with E-state index in [0.717, 1.165) is 18.4 Å². The fourth-order valence-corrected chi connectivity index (χ4v) is 2.99. The molecule has 6 nitrogen and oxygen atoms in total. The maximum absolute atomic E-state index is 12.2. The summed E-state index contributed by atoms with van der Waals surface area (Å²) < 4.78 is 10.4. The number of esters is 1. The number of nitrogens with zero attached hydrogens (tertiary/aromatic N) is 1. The van der Waals surface area contributed by atoms with Gasteiger partial charge in [0.1, 0.15) is 11.5 Å². The third-order valence-electron chi connectivity index (χ3n) is 4.83. The third-order valence-corrected chi connectivity index (χ3v) is 4.83. The van der Waals surface area contributed by atoms with Gasteiger partial charge in [-0.1, -0.05) is 45.4 Å². The van der Waals surface area contributed by atoms with Crippen LogP contribution in [-0.2, 0) is 4.79 Å². The molecule has 1 N–H and O–H groups in total. The Kier molecular flexibility index (Phi) is 10.9. The number of hydrazone groups is 1. The fraction of sp³-hybridized carbons (Fsp3) is 0.400. The van der Waals surface area contributed by atoms with E-state index in [-0.39, 0.29) is 5.91 Å². The summed E-state index contributed by atoms with van der Waals surface area (Å²) in [5.41, 5.74) is 3.79. The number of carbonyl (C=O) groups is 2. The van der Waals surface area contributed by atoms with Crippen LogP contribution in [0.4, 0.5) is 0 Å². The molecule has 0 aromatic heterocycles. The summed E-state index contributed by atoms with van der Waals surface area (Å²) in [7, 11) is 1.57. The highest BCUT2D eigenvalue weighted by atomic mass is 16.5. The number of rotatable bonds is 13. The van der Waals surface area contributed by atoms with Crippen molar-refractivity contribution < 1.29 is 19.1 Å². The minimum atomic E-state index is -0.443. The van der Waals surface area contributed by atoms with Crippen molar-refractivity contribution in [2.75, 3.05) is 7.11 Å². The predicted octanol–water partition coefficient (Wildman–Crippen LogP) is 5.51. The van der Waals surface area contributed by atoms with Crippen LogP contribution in [0.2, 0.25) is 0 Å². The molecule has 2 rings (SSSR count). The SMILES string of the molecule is CCCCCCCCCC(=O)NN=Cc1ccc(OC(=O)c2ccc(OC)cc2)cc1. The van der Waals surface area contributed by atoms with E-state index in [1.54, 1.807) is 61.9 Å². The molecule has 2 aromatic rings. The average molecular weight is 425 g/mol. The molecule has 0 saturated carbocycles. The van der Waals surface area contributed by atoms with Gasteiger partial charge in [-0.25, -0.2) is 10.2 Å². The summed E-state index contributed by atoms with van der Waals surface area (Å²) in [6.07, 6.45) is 10.3. The summed E-state index contributed by atoms with van der Waals surface area (Å²) in [5, 5.41) is 3.99. The second-order valence-electron chi connectivity index (χ2n) is 7.35. The Balaban J connectivity index is 1.69. The molecule has 0 fully saturated rings. The lowest BCUT2D eigenvalue weighted by Gasteiger charge is -2.05. The molecule has 0 heterocycles. The van der Waals surface area contributed by atoms with Crippen LogP contribution in [0.1, 0.15) is 74.2 Å². The number of unbranched alkanes of at least 4 members (excludes halogenated alkanes) is 6. The molecule has 2 aromatic carbocycles. The van der Waals surface area contributed by atoms with E-state index in [2.05, 4.69) is 17.5 Å². The van der Waals surface area contributed by atoms with E-state index in [4.69, 9.17) is 9.47 Å². The average Bonchev–Trinajstić information content (AvgIpc) is 2.79. The van der Waals surface area contributed by atoms with Crippen LogP contribution in [0.25, 0.3) is 0 Å². The Bertz CT molecular complexity index is 830. The Hall–Kier alpha value is -3.15. The molecule has 31 heavy (non-hydrogen) atoms. The number of hydrogen-bond donors (Lipinski definition) is 1. The topological polar surface area (TPSA) is 77.0 Å². The normalized spacial score (nSPS) is 10.8. The fourth-order valence-electron chi connectivity index (χ4n) is 2.99. The molecule has 0 radical (unpaired) electrons. The first-order valence-electron chi connectivity index (χ1n) is 10.9. The monoisotopic (exact) mass is 424 g/mol. The minimum absolute atomic E-state index is 0.0742. The Morgan fingerprint density at radius 2 is 1.48 bits per heavy atom. The molecule has 0 bridgehead atoms. The van der Waals surface area contributed by atoms with E-state index in [9.17, 15) is 9.59 Å². The summed E-state index contributed by atoms with van der Waals surface area (Å²) in [4.78, 5) is 24.0. The molecule has 0 atom stereocenters. The van der Waals surface area contributed by atoms with Crippen LogP contribution in [-0.4, -0.2) is 25.2 Å². The van der Waals surface area contributed by atoms with Crippen LogP contribution in [0.3, 0.4) is 0 Å². The number of benzene rings is 2. The van der Waals surface area contributed by atoms with Crippen molar-refractivity contribution in [1.29, 1.82) is 0 Å². The maximum atomic E-state index is 12.2. The maximum Gasteiger partial charge on any atom is 0.343 e. The number of hydrogen-bond acceptors (Lipinski definition) is 5. The molecular formula is C25H32N2O4. The molecule has 0 aliphatic rings. The molecule has 166 valence electrons. The smallest absolute Gasteiger partial charge is 0.343 e. The number of amides is 1. The van der Waals surface area contributed by atoms with Gasteiger partial charge in [-0.15, -0.1) is 0 Å². The first-order chi connectivity index (χ1) is 15.1. The van der Waals surface area contributed by atoms with Gasteiger partial charge < -0.3 is 9.47 Å². The summed E-state index contributed by atoms with van der Waals surface area (Å²) >= 11 is 0. The van der Waals surface area contributed by atoms with E-state index in [1.807, 2.05) is 0 Å². The van der Waals surface area contributed by atoms with Gasteiger partial charge in [0.25, 0.3) is 0 Å². The lowest BCUT2D eigenvalue weighted by molar-refractivity contribution is -0.121. The zero-order chi connectivity index (χ0) is 22.3. The van der Waals surface area contributed by atoms with Crippen LogP contribution in [0.15, 0.2) is 53.6 Å². The molecule has 0 spiro atoms. The van der Waals surface area contributed by atoms with Crippen molar-refractivity contribution in [3.05, 3.63) is 59.7 Å². The van der Waals surface area contributed by atoms with E-state index >= 15 is 0 Å². The van der Waals surface area contributed by atoms with Crippen molar-refractivity contribution >= 4 is 18.1 Å². The lowest BCUT2D eigenvalue weighted by atomic mass is 10.1. The van der Waals surface area contributed by atoms with Gasteiger partial charge in [-0.3, -0.25) is 4.79 Å². The second kappa shape index (κ2) is 14.0. The molecule has 0 aliphatic carbocycles. The van der Waals surface area contributed by atoms with Crippen molar-refractivity contribution in [2.45, 2.75) is 58.3 Å². The standard InChI is InChI=1S/C25H32N2O4/c1-3-4-5-6-7-8-9-10-24(28)27-26-19-20-11-15-23(16-12-20)31-25(29)21-13-17-22(30-2)18-14-21/h11-19H,3-10H2,1-2H3,(H,27,28). The minimum Gasteiger partial charge on any atom is -0.497 e. The van der Waals surface area contributed by atoms with Crippen LogP contribution < -0.4 is 14.9 Å². The highest BCUT2D eigenvalue weighted by molar-refractivity contribution is 5.91. The van der Waals surface area contributed by atoms with Crippen LogP contribution in [0, 0.1) is 0 Å². The summed E-state index contributed by atoms with van der Waals surface area (Å²) in [6, 6.07) is 13.6. The third kappa shape index (κ3) is 9.47. The van der Waals surface area contributed by atoms with E-state index < -0.39 is 5.97 Å².